The first-order chi connectivity index (χ1) is 10.7. The molecule has 7 nitrogen and oxygen atoms in total. The summed E-state index contributed by atoms with van der Waals surface area (Å²) in [4.78, 5) is 15.2. The molecule has 1 N–H and O–H groups in total. The minimum Gasteiger partial charge on any atom is -0.371 e. The van der Waals surface area contributed by atoms with E-state index in [2.05, 4.69) is 20.6 Å². The van der Waals surface area contributed by atoms with Crippen LogP contribution in [-0.4, -0.2) is 56.7 Å². The summed E-state index contributed by atoms with van der Waals surface area (Å²) in [6.07, 6.45) is 9.89. The lowest BCUT2D eigenvalue weighted by atomic mass is 9.82. The molecule has 1 aliphatic heterocycles. The zero-order valence-electron chi connectivity index (χ0n) is 12.6. The predicted octanol–water partition coefficient (Wildman–Crippen LogP) is 0.959. The third-order valence-corrected chi connectivity index (χ3v) is 5.33. The molecule has 1 saturated carbocycles. The van der Waals surface area contributed by atoms with Gasteiger partial charge < -0.3 is 9.64 Å². The van der Waals surface area contributed by atoms with Gasteiger partial charge >= 0.3 is 0 Å². The number of carbonyl (C=O) groups excluding carboxylic acids is 1. The highest BCUT2D eigenvalue weighted by atomic mass is 16.5. The summed E-state index contributed by atoms with van der Waals surface area (Å²) in [6.45, 7) is 1.98. The van der Waals surface area contributed by atoms with Crippen molar-refractivity contribution in [3.05, 3.63) is 18.0 Å². The summed E-state index contributed by atoms with van der Waals surface area (Å²) in [7, 11) is 0. The van der Waals surface area contributed by atoms with Gasteiger partial charge in [0.05, 0.1) is 12.2 Å². The number of aromatic amines is 1. The van der Waals surface area contributed by atoms with Crippen LogP contribution in [0.25, 0.3) is 0 Å². The standard InChI is InChI=1S/C15H21N5O2/c21-13(15(7-3-4-8-15)12-16-18-19-17-12)20-9-10-22-14(11-20)5-1-2-6-14/h3-4H,1-2,5-11H2,(H,16,17,18,19). The van der Waals surface area contributed by atoms with Crippen molar-refractivity contribution in [3.8, 4) is 0 Å². The zero-order valence-corrected chi connectivity index (χ0v) is 12.6. The summed E-state index contributed by atoms with van der Waals surface area (Å²) in [5.74, 6) is 0.628. The zero-order chi connectivity index (χ0) is 15.0. The summed E-state index contributed by atoms with van der Waals surface area (Å²) >= 11 is 0. The van der Waals surface area contributed by atoms with Gasteiger partial charge in [-0.1, -0.05) is 30.2 Å². The second-order valence-corrected chi connectivity index (χ2v) is 6.66. The largest absolute Gasteiger partial charge is 0.371 e. The van der Waals surface area contributed by atoms with Gasteiger partial charge in [-0.05, 0) is 25.7 Å². The van der Waals surface area contributed by atoms with Crippen LogP contribution in [0.15, 0.2) is 12.2 Å². The van der Waals surface area contributed by atoms with E-state index in [0.717, 1.165) is 12.8 Å². The molecule has 0 aromatic carbocycles. The molecule has 2 aliphatic carbocycles. The Bertz CT molecular complexity index is 569. The molecule has 1 aromatic heterocycles. The van der Waals surface area contributed by atoms with Crippen molar-refractivity contribution in [2.45, 2.75) is 49.5 Å². The van der Waals surface area contributed by atoms with E-state index < -0.39 is 5.41 Å². The number of carbonyl (C=O) groups is 1. The quantitative estimate of drug-likeness (QED) is 0.823. The predicted molar refractivity (Wildman–Crippen MR) is 78.0 cm³/mol. The van der Waals surface area contributed by atoms with Gasteiger partial charge in [-0.3, -0.25) is 4.79 Å². The monoisotopic (exact) mass is 303 g/mol. The third kappa shape index (κ3) is 2.06. The summed E-state index contributed by atoms with van der Waals surface area (Å²) < 4.78 is 6.03. The van der Waals surface area contributed by atoms with E-state index in [-0.39, 0.29) is 11.5 Å². The first-order valence-corrected chi connectivity index (χ1v) is 8.07. The number of amides is 1. The van der Waals surface area contributed by atoms with Crippen LogP contribution in [0, 0.1) is 0 Å². The SMILES string of the molecule is O=C(N1CCOC2(CCCC2)C1)C1(c2nn[nH]n2)CC=CC1. The van der Waals surface area contributed by atoms with E-state index in [9.17, 15) is 4.79 Å². The highest BCUT2D eigenvalue weighted by Crippen LogP contribution is 2.40. The average molecular weight is 303 g/mol. The fraction of sp³-hybridized carbons (Fsp3) is 0.733. The molecular weight excluding hydrogens is 282 g/mol. The molecule has 1 amide bonds. The van der Waals surface area contributed by atoms with E-state index in [1.165, 1.54) is 12.8 Å². The smallest absolute Gasteiger partial charge is 0.237 e. The number of hydrogen-bond donors (Lipinski definition) is 1. The molecule has 2 heterocycles. The van der Waals surface area contributed by atoms with E-state index in [4.69, 9.17) is 4.74 Å². The van der Waals surface area contributed by atoms with Crippen molar-refractivity contribution in [3.63, 3.8) is 0 Å². The van der Waals surface area contributed by atoms with Crippen LogP contribution in [0.1, 0.15) is 44.3 Å². The number of morpholine rings is 1. The Hall–Kier alpha value is -1.76. The number of nitrogens with zero attached hydrogens (tertiary/aromatic N) is 4. The highest BCUT2D eigenvalue weighted by Gasteiger charge is 2.49. The Balaban J connectivity index is 1.59. The highest BCUT2D eigenvalue weighted by molar-refractivity contribution is 5.88. The van der Waals surface area contributed by atoms with Crippen LogP contribution in [0.3, 0.4) is 0 Å². The van der Waals surface area contributed by atoms with Gasteiger partial charge in [-0.15, -0.1) is 10.2 Å². The first kappa shape index (κ1) is 13.9. The van der Waals surface area contributed by atoms with Gasteiger partial charge in [0.1, 0.15) is 5.41 Å². The Morgan fingerprint density at radius 3 is 2.73 bits per heavy atom. The number of ether oxygens (including phenoxy) is 1. The number of rotatable bonds is 2. The van der Waals surface area contributed by atoms with Crippen molar-refractivity contribution >= 4 is 5.91 Å². The topological polar surface area (TPSA) is 84.0 Å². The van der Waals surface area contributed by atoms with Gasteiger partial charge in [0, 0.05) is 13.1 Å². The summed E-state index contributed by atoms with van der Waals surface area (Å²) in [5, 5.41) is 14.4. The average Bonchev–Trinajstić information content (AvgIpc) is 3.28. The molecule has 2 fully saturated rings. The van der Waals surface area contributed by atoms with Crippen molar-refractivity contribution in [1.29, 1.82) is 0 Å². The molecule has 1 aromatic rings. The lowest BCUT2D eigenvalue weighted by Crippen LogP contribution is -2.57. The fourth-order valence-corrected chi connectivity index (χ4v) is 4.11. The van der Waals surface area contributed by atoms with Crippen LogP contribution in [-0.2, 0) is 14.9 Å². The van der Waals surface area contributed by atoms with Crippen LogP contribution in [0.2, 0.25) is 0 Å². The number of H-pyrrole nitrogens is 1. The second-order valence-electron chi connectivity index (χ2n) is 6.66. The Morgan fingerprint density at radius 1 is 1.27 bits per heavy atom. The van der Waals surface area contributed by atoms with Gasteiger partial charge in [-0.25, -0.2) is 0 Å². The molecule has 0 bridgehead atoms. The molecule has 4 rings (SSSR count). The minimum atomic E-state index is -0.676. The van der Waals surface area contributed by atoms with E-state index >= 15 is 0 Å². The second kappa shape index (κ2) is 5.15. The molecular formula is C15H21N5O2. The lowest BCUT2D eigenvalue weighted by Gasteiger charge is -2.43. The Labute approximate surface area is 129 Å². The van der Waals surface area contributed by atoms with E-state index in [1.54, 1.807) is 0 Å². The summed E-state index contributed by atoms with van der Waals surface area (Å²) in [6, 6.07) is 0. The number of allylic oxidation sites excluding steroid dienone is 2. The van der Waals surface area contributed by atoms with Crippen LogP contribution in [0.4, 0.5) is 0 Å². The number of aromatic nitrogens is 4. The minimum absolute atomic E-state index is 0.113. The third-order valence-electron chi connectivity index (χ3n) is 5.33. The molecule has 7 heteroatoms. The number of nitrogens with one attached hydrogen (secondary N) is 1. The van der Waals surface area contributed by atoms with Gasteiger partial charge in [0.2, 0.25) is 5.91 Å². The fourth-order valence-electron chi connectivity index (χ4n) is 4.11. The van der Waals surface area contributed by atoms with Crippen molar-refractivity contribution in [2.24, 2.45) is 0 Å². The van der Waals surface area contributed by atoms with Crippen LogP contribution in [0.5, 0.6) is 0 Å². The molecule has 0 atom stereocenters. The molecule has 0 unspecified atom stereocenters. The summed E-state index contributed by atoms with van der Waals surface area (Å²) in [5.41, 5.74) is -0.789. The van der Waals surface area contributed by atoms with Gasteiger partial charge in [0.25, 0.3) is 0 Å². The molecule has 22 heavy (non-hydrogen) atoms. The van der Waals surface area contributed by atoms with Gasteiger partial charge in [0.15, 0.2) is 5.82 Å². The molecule has 1 spiro atoms. The number of hydrogen-bond acceptors (Lipinski definition) is 5. The van der Waals surface area contributed by atoms with E-state index in [1.807, 2.05) is 17.1 Å². The van der Waals surface area contributed by atoms with Crippen LogP contribution < -0.4 is 0 Å². The molecule has 3 aliphatic rings. The van der Waals surface area contributed by atoms with Crippen molar-refractivity contribution in [1.82, 2.24) is 25.5 Å². The molecule has 0 radical (unpaired) electrons. The first-order valence-electron chi connectivity index (χ1n) is 8.07. The Morgan fingerprint density at radius 2 is 2.05 bits per heavy atom. The normalized spacial score (nSPS) is 25.9. The Kier molecular flexibility index (Phi) is 3.25. The maximum absolute atomic E-state index is 13.3. The van der Waals surface area contributed by atoms with Gasteiger partial charge in [-0.2, -0.15) is 5.21 Å². The van der Waals surface area contributed by atoms with E-state index in [0.29, 0.717) is 38.4 Å². The molecule has 1 saturated heterocycles. The maximum atomic E-state index is 13.3. The lowest BCUT2D eigenvalue weighted by molar-refractivity contribution is -0.155. The van der Waals surface area contributed by atoms with Crippen molar-refractivity contribution < 1.29 is 9.53 Å². The number of tetrazole rings is 1. The van der Waals surface area contributed by atoms with Crippen LogP contribution >= 0.6 is 0 Å². The maximum Gasteiger partial charge on any atom is 0.237 e. The molecule has 118 valence electrons. The van der Waals surface area contributed by atoms with Crippen molar-refractivity contribution in [2.75, 3.05) is 19.7 Å².